The summed E-state index contributed by atoms with van der Waals surface area (Å²) in [5.41, 5.74) is 6.22. The SMILES string of the molecule is CC(C)c1ccccc1[C@@H]1CN(Cc2ccc3c(c2)OCC3)CCN1C1CC2(CCN(c3ccc(C(=O)NS(=O)(=O)c4ccc(NC[C@H]5CC[C@](C)(O)CC5)c([N+](=O)[O-])c4)c(Oc4cnc5[nH]ccc5c4)c3)CC2)C1. The number of H-pyrrole nitrogens is 1. The number of hydrogen-bond donors (Lipinski definition) is 4. The lowest BCUT2D eigenvalue weighted by Crippen LogP contribution is -2.60. The monoisotopic (exact) mass is 1040 g/mol. The molecule has 2 saturated carbocycles. The number of aromatic amines is 1. The van der Waals surface area contributed by atoms with E-state index in [1.165, 1.54) is 34.4 Å². The molecule has 4 N–H and O–H groups in total. The van der Waals surface area contributed by atoms with E-state index in [9.17, 15) is 28.4 Å². The fraction of sp³-hybridized carbons (Fsp3) is 0.448. The summed E-state index contributed by atoms with van der Waals surface area (Å²) in [4.78, 5) is 40.6. The minimum Gasteiger partial charge on any atom is -0.493 e. The van der Waals surface area contributed by atoms with E-state index in [4.69, 9.17) is 9.47 Å². The predicted molar refractivity (Wildman–Crippen MR) is 289 cm³/mol. The number of piperidine rings is 1. The average Bonchev–Trinajstić information content (AvgIpc) is 4.07. The van der Waals surface area contributed by atoms with Gasteiger partial charge < -0.3 is 29.8 Å². The van der Waals surface area contributed by atoms with Gasteiger partial charge in [0.1, 0.15) is 28.6 Å². The molecule has 4 fully saturated rings. The first-order valence-electron chi connectivity index (χ1n) is 26.7. The van der Waals surface area contributed by atoms with Gasteiger partial charge >= 0.3 is 0 Å². The molecule has 394 valence electrons. The number of amides is 1. The number of nitrogens with zero attached hydrogens (tertiary/aromatic N) is 5. The zero-order chi connectivity index (χ0) is 52.1. The molecule has 2 saturated heterocycles. The molecule has 0 unspecified atom stereocenters. The number of benzene rings is 4. The zero-order valence-electron chi connectivity index (χ0n) is 43.1. The van der Waals surface area contributed by atoms with Crippen molar-refractivity contribution in [2.75, 3.05) is 56.1 Å². The van der Waals surface area contributed by atoms with Gasteiger partial charge in [-0.2, -0.15) is 0 Å². The summed E-state index contributed by atoms with van der Waals surface area (Å²) >= 11 is 0. The molecule has 6 aromatic rings. The first-order chi connectivity index (χ1) is 36.1. The van der Waals surface area contributed by atoms with Crippen LogP contribution in [-0.2, 0) is 23.0 Å². The van der Waals surface area contributed by atoms with Gasteiger partial charge in [-0.15, -0.1) is 0 Å². The second-order valence-corrected chi connectivity index (χ2v) is 24.1. The van der Waals surface area contributed by atoms with Gasteiger partial charge in [0.25, 0.3) is 21.6 Å². The van der Waals surface area contributed by atoms with Crippen LogP contribution in [0.4, 0.5) is 17.1 Å². The molecular weight excluding hydrogens is 969 g/mol. The summed E-state index contributed by atoms with van der Waals surface area (Å²) in [5, 5.41) is 26.5. The molecule has 1 atom stereocenters. The number of rotatable bonds is 15. The third-order valence-corrected chi connectivity index (χ3v) is 18.3. The Morgan fingerprint density at radius 3 is 2.56 bits per heavy atom. The van der Waals surface area contributed by atoms with E-state index in [1.54, 1.807) is 30.6 Å². The van der Waals surface area contributed by atoms with Gasteiger partial charge in [0, 0.05) is 93.7 Å². The Balaban J connectivity index is 0.778. The fourth-order valence-corrected chi connectivity index (χ4v) is 13.5. The molecule has 2 aliphatic carbocycles. The molecule has 0 radical (unpaired) electrons. The summed E-state index contributed by atoms with van der Waals surface area (Å²) in [6.45, 7) is 13.1. The van der Waals surface area contributed by atoms with Crippen LogP contribution >= 0.6 is 0 Å². The maximum absolute atomic E-state index is 14.1. The van der Waals surface area contributed by atoms with Crippen molar-refractivity contribution in [1.29, 1.82) is 0 Å². The number of carbonyl (C=O) groups is 1. The number of nitrogens with one attached hydrogen (secondary N) is 3. The minimum absolute atomic E-state index is 0.0268. The third kappa shape index (κ3) is 10.8. The Labute approximate surface area is 439 Å². The Bertz CT molecular complexity index is 3210. The molecule has 3 aliphatic heterocycles. The van der Waals surface area contributed by atoms with E-state index in [0.29, 0.717) is 48.8 Å². The maximum atomic E-state index is 14.1. The first-order valence-corrected chi connectivity index (χ1v) is 28.2. The van der Waals surface area contributed by atoms with Gasteiger partial charge in [0.05, 0.1) is 33.8 Å². The lowest BCUT2D eigenvalue weighted by molar-refractivity contribution is -0.384. The van der Waals surface area contributed by atoms with E-state index in [1.807, 2.05) is 19.1 Å². The van der Waals surface area contributed by atoms with Gasteiger partial charge in [0.2, 0.25) is 0 Å². The van der Waals surface area contributed by atoms with Crippen LogP contribution in [0.25, 0.3) is 11.0 Å². The molecule has 2 aromatic heterocycles. The van der Waals surface area contributed by atoms with Gasteiger partial charge in [0.15, 0.2) is 0 Å². The highest BCUT2D eigenvalue weighted by molar-refractivity contribution is 7.90. The molecule has 11 rings (SSSR count). The van der Waals surface area contributed by atoms with Crippen LogP contribution in [-0.4, -0.2) is 102 Å². The van der Waals surface area contributed by atoms with Crippen molar-refractivity contribution >= 4 is 44.0 Å². The number of nitro groups is 1. The Kier molecular flexibility index (Phi) is 13.9. The molecule has 75 heavy (non-hydrogen) atoms. The average molecular weight is 1040 g/mol. The molecule has 5 aliphatic rings. The summed E-state index contributed by atoms with van der Waals surface area (Å²) < 4.78 is 42.2. The lowest BCUT2D eigenvalue weighted by atomic mass is 9.59. The van der Waals surface area contributed by atoms with Crippen molar-refractivity contribution in [3.8, 4) is 17.2 Å². The van der Waals surface area contributed by atoms with E-state index in [2.05, 4.69) is 91.0 Å². The second kappa shape index (κ2) is 20.5. The molecule has 5 heterocycles. The number of anilines is 2. The van der Waals surface area contributed by atoms with Crippen LogP contribution in [0, 0.1) is 21.4 Å². The third-order valence-electron chi connectivity index (χ3n) is 16.9. The Morgan fingerprint density at radius 2 is 1.77 bits per heavy atom. The van der Waals surface area contributed by atoms with Crippen LogP contribution in [0.1, 0.15) is 117 Å². The molecule has 1 amide bonds. The van der Waals surface area contributed by atoms with Gasteiger partial charge in [-0.05, 0) is 140 Å². The summed E-state index contributed by atoms with van der Waals surface area (Å²) in [7, 11) is -4.59. The number of ether oxygens (including phenoxy) is 2. The maximum Gasteiger partial charge on any atom is 0.293 e. The normalized spacial score (nSPS) is 22.2. The van der Waals surface area contributed by atoms with Crippen LogP contribution in [0.15, 0.2) is 108 Å². The molecule has 0 bridgehead atoms. The smallest absolute Gasteiger partial charge is 0.293 e. The number of piperazine rings is 1. The van der Waals surface area contributed by atoms with Gasteiger partial charge in [-0.1, -0.05) is 50.2 Å². The molecular formula is C58H68N8O8S. The number of fused-ring (bicyclic) bond motifs is 2. The number of carbonyl (C=O) groups excluding carboxylic acids is 1. The highest BCUT2D eigenvalue weighted by Crippen LogP contribution is 2.53. The van der Waals surface area contributed by atoms with Crippen molar-refractivity contribution in [2.24, 2.45) is 11.3 Å². The van der Waals surface area contributed by atoms with E-state index >= 15 is 0 Å². The van der Waals surface area contributed by atoms with Crippen LogP contribution in [0.3, 0.4) is 0 Å². The van der Waals surface area contributed by atoms with E-state index in [0.717, 1.165) is 114 Å². The summed E-state index contributed by atoms with van der Waals surface area (Å²) in [6.07, 6.45) is 11.4. The number of aliphatic hydroxyl groups is 1. The zero-order valence-corrected chi connectivity index (χ0v) is 43.9. The first kappa shape index (κ1) is 50.6. The largest absolute Gasteiger partial charge is 0.493 e. The molecule has 4 aromatic carbocycles. The van der Waals surface area contributed by atoms with Crippen molar-refractivity contribution < 1.29 is 32.7 Å². The van der Waals surface area contributed by atoms with Gasteiger partial charge in [-0.25, -0.2) is 18.1 Å². The second-order valence-electron chi connectivity index (χ2n) is 22.4. The number of nitro benzene ring substituents is 1. The molecule has 16 nitrogen and oxygen atoms in total. The number of sulfonamides is 1. The summed E-state index contributed by atoms with van der Waals surface area (Å²) in [5.74, 6) is 1.22. The van der Waals surface area contributed by atoms with Crippen molar-refractivity contribution in [2.45, 2.75) is 114 Å². The van der Waals surface area contributed by atoms with Gasteiger partial charge in [-0.3, -0.25) is 24.7 Å². The number of pyridine rings is 1. The number of aromatic nitrogens is 2. The molecule has 17 heteroatoms. The molecule has 1 spiro atoms. The minimum atomic E-state index is -4.59. The highest BCUT2D eigenvalue weighted by Gasteiger charge is 2.50. The quantitative estimate of drug-likeness (QED) is 0.0561. The lowest BCUT2D eigenvalue weighted by Gasteiger charge is -2.58. The van der Waals surface area contributed by atoms with Crippen molar-refractivity contribution in [3.63, 3.8) is 0 Å². The highest BCUT2D eigenvalue weighted by atomic mass is 32.2. The van der Waals surface area contributed by atoms with E-state index in [-0.39, 0.29) is 28.3 Å². The Morgan fingerprint density at radius 1 is 0.973 bits per heavy atom. The van der Waals surface area contributed by atoms with Crippen molar-refractivity contribution in [1.82, 2.24) is 24.5 Å². The topological polar surface area (TPSA) is 195 Å². The standard InChI is InChI=1S/C58H68N8O8S/c1-38(2)47-6-4-5-7-48(47)52-37-63(36-40-8-9-41-17-27-73-53(41)28-40)25-26-65(52)44-32-58(33-44)20-23-64(24-21-58)43-10-12-49(54(30-43)74-45-29-42-16-22-59-55(42)61-35-45)56(67)62-75(71,72)46-11-13-50(51(31-46)66(69)70)60-34-39-14-18-57(3,68)19-15-39/h4-13,16,22,28-31,35,38-39,44,52,60,68H,14-15,17-21,23-27,32-34,36-37H2,1-3H3,(H,59,61)(H,62,67)/t39-,52-,57-/m0/s1. The predicted octanol–water partition coefficient (Wildman–Crippen LogP) is 10.1. The summed E-state index contributed by atoms with van der Waals surface area (Å²) in [6, 6.07) is 29.0. The number of hydrogen-bond acceptors (Lipinski definition) is 13. The van der Waals surface area contributed by atoms with E-state index < -0.39 is 37.0 Å². The Hall–Kier alpha value is -6.53. The van der Waals surface area contributed by atoms with Crippen LogP contribution in [0.2, 0.25) is 0 Å². The fourth-order valence-electron chi connectivity index (χ4n) is 12.5. The van der Waals surface area contributed by atoms with Crippen LogP contribution in [0.5, 0.6) is 17.2 Å². The van der Waals surface area contributed by atoms with Crippen LogP contribution < -0.4 is 24.4 Å². The van der Waals surface area contributed by atoms with Crippen molar-refractivity contribution in [3.05, 3.63) is 141 Å².